The molecule has 0 saturated heterocycles. The average Bonchev–Trinajstić information content (AvgIpc) is 3.65. The summed E-state index contributed by atoms with van der Waals surface area (Å²) in [4.78, 5) is 10.3. The van der Waals surface area contributed by atoms with Crippen LogP contribution in [0.3, 0.4) is 0 Å². The highest BCUT2D eigenvalue weighted by atomic mass is 16.3. The topological polar surface area (TPSA) is 43.3 Å². The molecule has 4 heteroatoms. The van der Waals surface area contributed by atoms with E-state index in [4.69, 9.17) is 14.4 Å². The zero-order chi connectivity index (χ0) is 25.9. The molecule has 0 saturated carbocycles. The van der Waals surface area contributed by atoms with E-state index in [2.05, 4.69) is 95.4 Å². The number of benzene rings is 6. The summed E-state index contributed by atoms with van der Waals surface area (Å²) in [7, 11) is 0. The van der Waals surface area contributed by atoms with Crippen LogP contribution in [0, 0.1) is 0 Å². The molecule has 4 aromatic heterocycles. The summed E-state index contributed by atoms with van der Waals surface area (Å²) in [6.07, 6.45) is 0. The molecule has 0 bridgehead atoms. The lowest BCUT2D eigenvalue weighted by atomic mass is 9.99. The maximum Gasteiger partial charge on any atom is 0.165 e. The van der Waals surface area contributed by atoms with Gasteiger partial charge in [0.1, 0.15) is 16.7 Å². The smallest absolute Gasteiger partial charge is 0.165 e. The fourth-order valence-electron chi connectivity index (χ4n) is 6.71. The number of hydrogen-bond donors (Lipinski definition) is 0. The van der Waals surface area contributed by atoms with Crippen LogP contribution in [0.2, 0.25) is 0 Å². The summed E-state index contributed by atoms with van der Waals surface area (Å²) < 4.78 is 9.17. The molecule has 0 amide bonds. The van der Waals surface area contributed by atoms with Gasteiger partial charge in [-0.05, 0) is 46.7 Å². The van der Waals surface area contributed by atoms with Gasteiger partial charge >= 0.3 is 0 Å². The van der Waals surface area contributed by atoms with Crippen LogP contribution in [0.1, 0.15) is 0 Å². The van der Waals surface area contributed by atoms with E-state index < -0.39 is 0 Å². The van der Waals surface area contributed by atoms with Gasteiger partial charge < -0.3 is 4.42 Å². The van der Waals surface area contributed by atoms with Crippen LogP contribution < -0.4 is 0 Å². The van der Waals surface area contributed by atoms with Gasteiger partial charge in [0.05, 0.1) is 27.5 Å². The van der Waals surface area contributed by atoms with Crippen molar-refractivity contribution < 1.29 is 4.42 Å². The first kappa shape index (κ1) is 20.5. The van der Waals surface area contributed by atoms with E-state index in [0.717, 1.165) is 71.7 Å². The van der Waals surface area contributed by atoms with Crippen molar-refractivity contribution in [3.05, 3.63) is 115 Å². The standard InChI is InChI=1S/C36H19N3O/c1-2-9-21-18-22(17-16-20(21)8-1)23-11-7-12-25-27-19-26-24-10-3-6-15-30(24)39-33(26)31(35(27)40-34(23)25)32-36(39)38-29-14-5-4-13-28(29)37-32/h1-19H. The summed E-state index contributed by atoms with van der Waals surface area (Å²) in [5.74, 6) is 0. The third-order valence-corrected chi connectivity index (χ3v) is 8.48. The predicted octanol–water partition coefficient (Wildman–Crippen LogP) is 9.50. The molecular weight excluding hydrogens is 490 g/mol. The zero-order valence-electron chi connectivity index (χ0n) is 21.2. The molecule has 0 spiro atoms. The van der Waals surface area contributed by atoms with Gasteiger partial charge in [0.25, 0.3) is 0 Å². The van der Waals surface area contributed by atoms with Gasteiger partial charge in [-0.2, -0.15) is 0 Å². The minimum Gasteiger partial charge on any atom is -0.455 e. The fraction of sp³-hybridized carbons (Fsp3) is 0. The Bertz CT molecular complexity index is 2660. The number of para-hydroxylation sites is 4. The number of hydrogen-bond acceptors (Lipinski definition) is 3. The van der Waals surface area contributed by atoms with Crippen LogP contribution in [0.4, 0.5) is 0 Å². The minimum absolute atomic E-state index is 0.864. The first-order chi connectivity index (χ1) is 19.8. The number of aromatic nitrogens is 3. The SMILES string of the molecule is c1ccc2cc(-c3cccc4c3oc3c4cc4c5ccccc5n5c6nc7ccccc7nc6c3c45)ccc2c1. The first-order valence-electron chi connectivity index (χ1n) is 13.5. The molecule has 0 N–H and O–H groups in total. The van der Waals surface area contributed by atoms with Crippen molar-refractivity contribution in [1.82, 2.24) is 14.4 Å². The molecular formula is C36H19N3O. The Balaban J connectivity index is 1.41. The third-order valence-electron chi connectivity index (χ3n) is 8.48. The van der Waals surface area contributed by atoms with Crippen molar-refractivity contribution in [2.45, 2.75) is 0 Å². The molecule has 0 unspecified atom stereocenters. The normalized spacial score (nSPS) is 12.5. The summed E-state index contributed by atoms with van der Waals surface area (Å²) in [6, 6.07) is 40.5. The molecule has 10 rings (SSSR count). The molecule has 0 atom stereocenters. The fourth-order valence-corrected chi connectivity index (χ4v) is 6.71. The molecule has 0 aliphatic heterocycles. The monoisotopic (exact) mass is 509 g/mol. The van der Waals surface area contributed by atoms with Crippen molar-refractivity contribution in [3.8, 4) is 11.1 Å². The summed E-state index contributed by atoms with van der Waals surface area (Å²) in [6.45, 7) is 0. The molecule has 10 aromatic rings. The molecule has 4 heterocycles. The lowest BCUT2D eigenvalue weighted by molar-refractivity contribution is 0.674. The van der Waals surface area contributed by atoms with Crippen LogP contribution in [-0.4, -0.2) is 14.4 Å². The molecule has 0 fully saturated rings. The largest absolute Gasteiger partial charge is 0.455 e. The lowest BCUT2D eigenvalue weighted by Crippen LogP contribution is -1.88. The highest BCUT2D eigenvalue weighted by molar-refractivity contribution is 6.32. The molecule has 0 aliphatic carbocycles. The van der Waals surface area contributed by atoms with Gasteiger partial charge in [-0.1, -0.05) is 84.9 Å². The first-order valence-corrected chi connectivity index (χ1v) is 13.5. The Kier molecular flexibility index (Phi) is 3.65. The van der Waals surface area contributed by atoms with Crippen LogP contribution in [0.15, 0.2) is 120 Å². The Morgan fingerprint density at radius 3 is 2.25 bits per heavy atom. The second-order valence-corrected chi connectivity index (χ2v) is 10.6. The number of furan rings is 1. The number of fused-ring (bicyclic) bond motifs is 12. The molecule has 184 valence electrons. The Morgan fingerprint density at radius 1 is 0.550 bits per heavy atom. The van der Waals surface area contributed by atoms with Crippen LogP contribution in [0.25, 0.3) is 93.2 Å². The van der Waals surface area contributed by atoms with Gasteiger partial charge in [0, 0.05) is 27.1 Å². The molecule has 6 aromatic carbocycles. The summed E-state index contributed by atoms with van der Waals surface area (Å²) in [5, 5.41) is 8.09. The maximum absolute atomic E-state index is 6.90. The highest BCUT2D eigenvalue weighted by Gasteiger charge is 2.25. The number of nitrogens with zero attached hydrogens (tertiary/aromatic N) is 3. The second-order valence-electron chi connectivity index (χ2n) is 10.6. The van der Waals surface area contributed by atoms with E-state index in [9.17, 15) is 0 Å². The number of rotatable bonds is 1. The lowest BCUT2D eigenvalue weighted by Gasteiger charge is -2.05. The van der Waals surface area contributed by atoms with Crippen LogP contribution in [-0.2, 0) is 0 Å². The van der Waals surface area contributed by atoms with E-state index >= 15 is 0 Å². The molecule has 0 radical (unpaired) electrons. The van der Waals surface area contributed by atoms with Gasteiger partial charge in [-0.25, -0.2) is 9.97 Å². The van der Waals surface area contributed by atoms with E-state index in [-0.39, 0.29) is 0 Å². The molecule has 0 aliphatic rings. The quantitative estimate of drug-likeness (QED) is 0.221. The summed E-state index contributed by atoms with van der Waals surface area (Å²) >= 11 is 0. The maximum atomic E-state index is 6.90. The minimum atomic E-state index is 0.864. The second kappa shape index (κ2) is 7.13. The average molecular weight is 510 g/mol. The third kappa shape index (κ3) is 2.46. The predicted molar refractivity (Wildman–Crippen MR) is 164 cm³/mol. The highest BCUT2D eigenvalue weighted by Crippen LogP contribution is 2.46. The Labute approximate surface area is 227 Å². The van der Waals surface area contributed by atoms with E-state index in [0.29, 0.717) is 0 Å². The van der Waals surface area contributed by atoms with Crippen molar-refractivity contribution in [1.29, 1.82) is 0 Å². The van der Waals surface area contributed by atoms with E-state index in [1.165, 1.54) is 21.5 Å². The van der Waals surface area contributed by atoms with Crippen LogP contribution in [0.5, 0.6) is 0 Å². The van der Waals surface area contributed by atoms with Gasteiger partial charge in [0.2, 0.25) is 0 Å². The van der Waals surface area contributed by atoms with Gasteiger partial charge in [0.15, 0.2) is 5.65 Å². The van der Waals surface area contributed by atoms with E-state index in [1.807, 2.05) is 24.3 Å². The van der Waals surface area contributed by atoms with Crippen molar-refractivity contribution in [2.24, 2.45) is 0 Å². The molecule has 4 nitrogen and oxygen atoms in total. The molecule has 40 heavy (non-hydrogen) atoms. The van der Waals surface area contributed by atoms with E-state index in [1.54, 1.807) is 0 Å². The van der Waals surface area contributed by atoms with Crippen molar-refractivity contribution in [2.75, 3.05) is 0 Å². The van der Waals surface area contributed by atoms with Gasteiger partial charge in [-0.15, -0.1) is 0 Å². The van der Waals surface area contributed by atoms with Crippen molar-refractivity contribution >= 4 is 82.1 Å². The van der Waals surface area contributed by atoms with Gasteiger partial charge in [-0.3, -0.25) is 4.40 Å². The van der Waals surface area contributed by atoms with Crippen molar-refractivity contribution in [3.63, 3.8) is 0 Å². The Hall–Kier alpha value is -5.48. The zero-order valence-corrected chi connectivity index (χ0v) is 21.2. The Morgan fingerprint density at radius 2 is 1.32 bits per heavy atom. The summed E-state index contributed by atoms with van der Waals surface area (Å²) in [5.41, 5.74) is 9.76. The van der Waals surface area contributed by atoms with Crippen LogP contribution >= 0.6 is 0 Å².